The normalized spacial score (nSPS) is 24.2. The minimum absolute atomic E-state index is 0.0773. The van der Waals surface area contributed by atoms with Crippen LogP contribution in [-0.2, 0) is 6.54 Å². The van der Waals surface area contributed by atoms with Crippen molar-refractivity contribution in [2.75, 3.05) is 0 Å². The van der Waals surface area contributed by atoms with Gasteiger partial charge in [0.15, 0.2) is 0 Å². The molecule has 0 aliphatic heterocycles. The van der Waals surface area contributed by atoms with Crippen LogP contribution in [0.2, 0.25) is 5.02 Å². The number of benzene rings is 1. The molecule has 3 nitrogen and oxygen atoms in total. The van der Waals surface area contributed by atoms with Crippen LogP contribution in [-0.4, -0.2) is 22.4 Å². The van der Waals surface area contributed by atoms with E-state index in [0.29, 0.717) is 22.1 Å². The fourth-order valence-electron chi connectivity index (χ4n) is 2.33. The van der Waals surface area contributed by atoms with E-state index in [9.17, 15) is 10.2 Å². The first-order valence-corrected chi connectivity index (χ1v) is 7.31. The summed E-state index contributed by atoms with van der Waals surface area (Å²) >= 11 is 9.19. The van der Waals surface area contributed by atoms with Crippen LogP contribution in [0.25, 0.3) is 0 Å². The average molecular weight is 335 g/mol. The lowest BCUT2D eigenvalue weighted by Gasteiger charge is -2.26. The van der Waals surface area contributed by atoms with Crippen LogP contribution in [0.15, 0.2) is 16.6 Å². The number of halogens is 2. The Morgan fingerprint density at radius 3 is 2.83 bits per heavy atom. The van der Waals surface area contributed by atoms with Gasteiger partial charge in [0.05, 0.1) is 15.6 Å². The smallest absolute Gasteiger partial charge is 0.148 e. The third-order valence-electron chi connectivity index (χ3n) is 3.32. The Kier molecular flexibility index (Phi) is 4.90. The predicted octanol–water partition coefficient (Wildman–Crippen LogP) is 3.20. The molecule has 2 unspecified atom stereocenters. The van der Waals surface area contributed by atoms with Crippen molar-refractivity contribution in [2.45, 2.75) is 44.4 Å². The number of phenolic OH excluding ortho intramolecular Hbond substituents is 1. The van der Waals surface area contributed by atoms with E-state index in [4.69, 9.17) is 11.6 Å². The topological polar surface area (TPSA) is 52.5 Å². The van der Waals surface area contributed by atoms with Gasteiger partial charge in [-0.05, 0) is 59.3 Å². The molecule has 0 bridgehead atoms. The second kappa shape index (κ2) is 6.24. The summed E-state index contributed by atoms with van der Waals surface area (Å²) in [6, 6.07) is 3.97. The molecule has 0 aromatic heterocycles. The fourth-order valence-corrected chi connectivity index (χ4v) is 3.20. The van der Waals surface area contributed by atoms with E-state index in [1.807, 2.05) is 6.07 Å². The van der Waals surface area contributed by atoms with E-state index in [1.54, 1.807) is 6.07 Å². The zero-order valence-corrected chi connectivity index (χ0v) is 12.3. The number of nitrogens with one attached hydrogen (secondary N) is 1. The maximum Gasteiger partial charge on any atom is 0.148 e. The highest BCUT2D eigenvalue weighted by molar-refractivity contribution is 9.10. The molecule has 0 radical (unpaired) electrons. The molecule has 1 aromatic rings. The number of phenols is 1. The lowest BCUT2D eigenvalue weighted by molar-refractivity contribution is 0.111. The highest BCUT2D eigenvalue weighted by Crippen LogP contribution is 2.33. The Labute approximate surface area is 120 Å². The number of aliphatic hydroxyl groups is 1. The lowest BCUT2D eigenvalue weighted by atomic mass is 9.93. The minimum atomic E-state index is -0.175. The third-order valence-corrected chi connectivity index (χ3v) is 4.21. The second-order valence-electron chi connectivity index (χ2n) is 4.81. The summed E-state index contributed by atoms with van der Waals surface area (Å²) in [5.41, 5.74) is 1.02. The first-order valence-electron chi connectivity index (χ1n) is 6.14. The maximum absolute atomic E-state index is 9.60. The van der Waals surface area contributed by atoms with E-state index in [-0.39, 0.29) is 11.9 Å². The Hall–Kier alpha value is -0.290. The number of hydrogen-bond donors (Lipinski definition) is 3. The zero-order chi connectivity index (χ0) is 13.1. The third kappa shape index (κ3) is 3.60. The standard InChI is InChI=1S/C13H17BrClNO2/c14-11-4-8(5-12(15)13(11)18)7-16-9-2-1-3-10(17)6-9/h4-5,9-10,16-18H,1-3,6-7H2. The van der Waals surface area contributed by atoms with Crippen molar-refractivity contribution in [3.8, 4) is 5.75 Å². The van der Waals surface area contributed by atoms with Crippen LogP contribution in [0.4, 0.5) is 0 Å². The van der Waals surface area contributed by atoms with Gasteiger partial charge in [0.1, 0.15) is 5.75 Å². The van der Waals surface area contributed by atoms with Crippen LogP contribution in [0.1, 0.15) is 31.2 Å². The molecule has 0 amide bonds. The molecule has 1 fully saturated rings. The average Bonchev–Trinajstić information content (AvgIpc) is 2.33. The van der Waals surface area contributed by atoms with Crippen molar-refractivity contribution < 1.29 is 10.2 Å². The number of aliphatic hydroxyl groups excluding tert-OH is 1. The summed E-state index contributed by atoms with van der Waals surface area (Å²) in [6.07, 6.45) is 3.72. The quantitative estimate of drug-likeness (QED) is 0.795. The molecule has 1 aliphatic carbocycles. The van der Waals surface area contributed by atoms with Gasteiger partial charge in [0, 0.05) is 12.6 Å². The number of hydrogen-bond acceptors (Lipinski definition) is 3. The van der Waals surface area contributed by atoms with Crippen molar-refractivity contribution >= 4 is 27.5 Å². The van der Waals surface area contributed by atoms with Gasteiger partial charge in [0.25, 0.3) is 0 Å². The van der Waals surface area contributed by atoms with Crippen LogP contribution < -0.4 is 5.32 Å². The van der Waals surface area contributed by atoms with Crippen LogP contribution in [0, 0.1) is 0 Å². The van der Waals surface area contributed by atoms with E-state index in [1.165, 1.54) is 0 Å². The Bertz CT molecular complexity index is 404. The molecule has 1 aliphatic rings. The molecule has 2 atom stereocenters. The van der Waals surface area contributed by atoms with Gasteiger partial charge in [-0.2, -0.15) is 0 Å². The molecule has 0 spiro atoms. The van der Waals surface area contributed by atoms with Gasteiger partial charge in [-0.3, -0.25) is 0 Å². The van der Waals surface area contributed by atoms with Gasteiger partial charge in [-0.25, -0.2) is 0 Å². The van der Waals surface area contributed by atoms with Gasteiger partial charge in [-0.15, -0.1) is 0 Å². The van der Waals surface area contributed by atoms with E-state index in [0.717, 1.165) is 31.2 Å². The van der Waals surface area contributed by atoms with Gasteiger partial charge in [-0.1, -0.05) is 11.6 Å². The maximum atomic E-state index is 9.60. The molecular weight excluding hydrogens is 318 g/mol. The summed E-state index contributed by atoms with van der Waals surface area (Å²) < 4.78 is 0.607. The summed E-state index contributed by atoms with van der Waals surface area (Å²) in [7, 11) is 0. The Morgan fingerprint density at radius 2 is 2.17 bits per heavy atom. The molecule has 100 valence electrons. The van der Waals surface area contributed by atoms with Crippen molar-refractivity contribution in [1.82, 2.24) is 5.32 Å². The highest BCUT2D eigenvalue weighted by atomic mass is 79.9. The van der Waals surface area contributed by atoms with Crippen LogP contribution >= 0.6 is 27.5 Å². The monoisotopic (exact) mass is 333 g/mol. The second-order valence-corrected chi connectivity index (χ2v) is 6.07. The Balaban J connectivity index is 1.94. The Morgan fingerprint density at radius 1 is 1.39 bits per heavy atom. The fraction of sp³-hybridized carbons (Fsp3) is 0.538. The molecule has 5 heteroatoms. The van der Waals surface area contributed by atoms with E-state index >= 15 is 0 Å². The molecule has 1 saturated carbocycles. The van der Waals surface area contributed by atoms with Crippen molar-refractivity contribution in [3.63, 3.8) is 0 Å². The SMILES string of the molecule is Oc1c(Cl)cc(CNC2CCCC(O)C2)cc1Br. The summed E-state index contributed by atoms with van der Waals surface area (Å²) in [5, 5.41) is 22.9. The summed E-state index contributed by atoms with van der Waals surface area (Å²) in [5.74, 6) is 0.0773. The molecule has 0 heterocycles. The molecule has 2 rings (SSSR count). The van der Waals surface area contributed by atoms with E-state index in [2.05, 4.69) is 21.2 Å². The number of aromatic hydroxyl groups is 1. The molecule has 3 N–H and O–H groups in total. The number of rotatable bonds is 3. The molecule has 18 heavy (non-hydrogen) atoms. The van der Waals surface area contributed by atoms with Crippen molar-refractivity contribution in [3.05, 3.63) is 27.2 Å². The zero-order valence-electron chi connectivity index (χ0n) is 10.00. The van der Waals surface area contributed by atoms with Gasteiger partial charge < -0.3 is 15.5 Å². The van der Waals surface area contributed by atoms with Crippen molar-refractivity contribution in [2.24, 2.45) is 0 Å². The van der Waals surface area contributed by atoms with Gasteiger partial charge in [0.2, 0.25) is 0 Å². The largest absolute Gasteiger partial charge is 0.505 e. The molecular formula is C13H17BrClNO2. The first-order chi connectivity index (χ1) is 8.56. The van der Waals surface area contributed by atoms with Crippen LogP contribution in [0.3, 0.4) is 0 Å². The van der Waals surface area contributed by atoms with Crippen molar-refractivity contribution in [1.29, 1.82) is 0 Å². The summed E-state index contributed by atoms with van der Waals surface area (Å²) in [6.45, 7) is 0.690. The molecule has 1 aromatic carbocycles. The highest BCUT2D eigenvalue weighted by Gasteiger charge is 2.19. The molecule has 0 saturated heterocycles. The minimum Gasteiger partial charge on any atom is -0.505 e. The first kappa shape index (κ1) is 14.1. The van der Waals surface area contributed by atoms with Gasteiger partial charge >= 0.3 is 0 Å². The van der Waals surface area contributed by atoms with Crippen LogP contribution in [0.5, 0.6) is 5.75 Å². The lowest BCUT2D eigenvalue weighted by Crippen LogP contribution is -2.35. The van der Waals surface area contributed by atoms with E-state index < -0.39 is 0 Å². The predicted molar refractivity (Wildman–Crippen MR) is 75.9 cm³/mol. The summed E-state index contributed by atoms with van der Waals surface area (Å²) in [4.78, 5) is 0.